The number of hydrogen-bond donors (Lipinski definition) is 1. The van der Waals surface area contributed by atoms with Crippen molar-refractivity contribution in [3.05, 3.63) is 29.3 Å². The second-order valence-corrected chi connectivity index (χ2v) is 4.90. The van der Waals surface area contributed by atoms with Crippen LogP contribution in [-0.4, -0.2) is 50.0 Å². The number of amides is 2. The summed E-state index contributed by atoms with van der Waals surface area (Å²) >= 11 is 0. The van der Waals surface area contributed by atoms with E-state index in [9.17, 15) is 4.79 Å². The van der Waals surface area contributed by atoms with Gasteiger partial charge in [-0.1, -0.05) is 18.2 Å². The minimum absolute atomic E-state index is 0.366. The first-order valence-electron chi connectivity index (χ1n) is 6.13. The highest BCUT2D eigenvalue weighted by Gasteiger charge is 2.10. The highest BCUT2D eigenvalue weighted by molar-refractivity contribution is 5.99. The number of nitrogens with zero attached hydrogens (tertiary/aromatic N) is 3. The maximum absolute atomic E-state index is 12.0. The molecule has 0 radical (unpaired) electrons. The molecule has 0 atom stereocenters. The molecule has 0 aliphatic heterocycles. The second-order valence-electron chi connectivity index (χ2n) is 4.90. The van der Waals surface area contributed by atoms with Gasteiger partial charge in [-0.2, -0.15) is 4.99 Å². The van der Waals surface area contributed by atoms with Crippen LogP contribution in [0.2, 0.25) is 0 Å². The summed E-state index contributed by atoms with van der Waals surface area (Å²) in [7, 11) is 7.41. The average Bonchev–Trinajstić information content (AvgIpc) is 2.30. The lowest BCUT2D eigenvalue weighted by Crippen LogP contribution is -2.36. The Morgan fingerprint density at radius 3 is 1.95 bits per heavy atom. The van der Waals surface area contributed by atoms with E-state index in [4.69, 9.17) is 0 Å². The van der Waals surface area contributed by atoms with Crippen LogP contribution in [0.5, 0.6) is 0 Å². The summed E-state index contributed by atoms with van der Waals surface area (Å²) in [5.74, 6) is 0.601. The Balaban J connectivity index is 2.94. The predicted molar refractivity (Wildman–Crippen MR) is 79.7 cm³/mol. The first-order valence-corrected chi connectivity index (χ1v) is 6.13. The molecule has 0 aliphatic rings. The maximum atomic E-state index is 12.0. The van der Waals surface area contributed by atoms with E-state index in [1.165, 1.54) is 0 Å². The lowest BCUT2D eigenvalue weighted by Gasteiger charge is -2.22. The SMILES string of the molecule is Cc1cccc(C)c1NC(=O)N=C(N(C)C)N(C)C. The van der Waals surface area contributed by atoms with Gasteiger partial charge in [0.15, 0.2) is 0 Å². The van der Waals surface area contributed by atoms with Gasteiger partial charge in [0.05, 0.1) is 0 Å². The smallest absolute Gasteiger partial charge is 0.348 e. The zero-order valence-electron chi connectivity index (χ0n) is 12.5. The molecule has 1 rings (SSSR count). The molecule has 0 aliphatic carbocycles. The number of anilines is 1. The first-order chi connectivity index (χ1) is 8.82. The summed E-state index contributed by atoms with van der Waals surface area (Å²) in [5.41, 5.74) is 2.88. The number of benzene rings is 1. The highest BCUT2D eigenvalue weighted by Crippen LogP contribution is 2.19. The van der Waals surface area contributed by atoms with Gasteiger partial charge in [0.25, 0.3) is 0 Å². The molecule has 0 heterocycles. The van der Waals surface area contributed by atoms with Crippen LogP contribution >= 0.6 is 0 Å². The molecule has 0 spiro atoms. The van der Waals surface area contributed by atoms with Crippen molar-refractivity contribution in [1.29, 1.82) is 0 Å². The monoisotopic (exact) mass is 262 g/mol. The number of aryl methyl sites for hydroxylation is 2. The predicted octanol–water partition coefficient (Wildman–Crippen LogP) is 2.31. The van der Waals surface area contributed by atoms with Gasteiger partial charge in [-0.15, -0.1) is 0 Å². The molecule has 0 bridgehead atoms. The van der Waals surface area contributed by atoms with E-state index in [1.54, 1.807) is 9.80 Å². The van der Waals surface area contributed by atoms with Gasteiger partial charge < -0.3 is 15.1 Å². The summed E-state index contributed by atoms with van der Waals surface area (Å²) in [4.78, 5) is 19.6. The maximum Gasteiger partial charge on any atom is 0.348 e. The molecule has 5 heteroatoms. The van der Waals surface area contributed by atoms with Gasteiger partial charge >= 0.3 is 6.03 Å². The van der Waals surface area contributed by atoms with Crippen molar-refractivity contribution in [2.24, 2.45) is 4.99 Å². The van der Waals surface area contributed by atoms with Crippen LogP contribution in [0, 0.1) is 13.8 Å². The largest absolute Gasteiger partial charge is 0.349 e. The van der Waals surface area contributed by atoms with Crippen LogP contribution in [-0.2, 0) is 0 Å². The average molecular weight is 262 g/mol. The van der Waals surface area contributed by atoms with E-state index >= 15 is 0 Å². The topological polar surface area (TPSA) is 47.9 Å². The highest BCUT2D eigenvalue weighted by atomic mass is 16.2. The first kappa shape index (κ1) is 15.0. The van der Waals surface area contributed by atoms with Gasteiger partial charge in [0.2, 0.25) is 5.96 Å². The van der Waals surface area contributed by atoms with Crippen molar-refractivity contribution in [3.63, 3.8) is 0 Å². The number of guanidine groups is 1. The van der Waals surface area contributed by atoms with E-state index in [0.29, 0.717) is 5.96 Å². The van der Waals surface area contributed by atoms with Gasteiger partial charge in [-0.25, -0.2) is 4.79 Å². The Hall–Kier alpha value is -2.04. The van der Waals surface area contributed by atoms with Gasteiger partial charge in [-0.05, 0) is 25.0 Å². The number of rotatable bonds is 1. The van der Waals surface area contributed by atoms with Gasteiger partial charge in [-0.3, -0.25) is 0 Å². The Morgan fingerprint density at radius 2 is 1.53 bits per heavy atom. The summed E-state index contributed by atoms with van der Waals surface area (Å²) in [6.07, 6.45) is 0. The zero-order chi connectivity index (χ0) is 14.6. The van der Waals surface area contributed by atoms with Crippen molar-refractivity contribution in [1.82, 2.24) is 9.80 Å². The Morgan fingerprint density at radius 1 is 1.05 bits per heavy atom. The van der Waals surface area contributed by atoms with Gasteiger partial charge in [0.1, 0.15) is 0 Å². The zero-order valence-corrected chi connectivity index (χ0v) is 12.5. The number of hydrogen-bond acceptors (Lipinski definition) is 1. The normalized spacial score (nSPS) is 9.79. The summed E-state index contributed by atoms with van der Waals surface area (Å²) in [5, 5.41) is 2.84. The third-order valence-electron chi connectivity index (χ3n) is 2.71. The van der Waals surface area contributed by atoms with Crippen LogP contribution < -0.4 is 5.32 Å². The van der Waals surface area contributed by atoms with Crippen molar-refractivity contribution in [2.75, 3.05) is 33.5 Å². The molecule has 0 fully saturated rings. The van der Waals surface area contributed by atoms with E-state index in [-0.39, 0.29) is 6.03 Å². The summed E-state index contributed by atoms with van der Waals surface area (Å²) in [6, 6.07) is 5.53. The lowest BCUT2D eigenvalue weighted by molar-refractivity contribution is 0.259. The quantitative estimate of drug-likeness (QED) is 0.624. The lowest BCUT2D eigenvalue weighted by atomic mass is 10.1. The number of nitrogens with one attached hydrogen (secondary N) is 1. The number of urea groups is 1. The molecule has 1 N–H and O–H groups in total. The molecule has 5 nitrogen and oxygen atoms in total. The summed E-state index contributed by atoms with van der Waals surface area (Å²) < 4.78 is 0. The fraction of sp³-hybridized carbons (Fsp3) is 0.429. The van der Waals surface area contributed by atoms with Crippen LogP contribution in [0.25, 0.3) is 0 Å². The fourth-order valence-corrected chi connectivity index (χ4v) is 1.84. The van der Waals surface area contributed by atoms with Crippen LogP contribution in [0.15, 0.2) is 23.2 Å². The molecule has 1 aromatic carbocycles. The van der Waals surface area contributed by atoms with E-state index in [2.05, 4.69) is 10.3 Å². The van der Waals surface area contributed by atoms with E-state index in [0.717, 1.165) is 16.8 Å². The molecule has 1 aromatic rings. The minimum Gasteiger partial charge on any atom is -0.349 e. The number of carbonyl (C=O) groups is 1. The molecule has 0 unspecified atom stereocenters. The number of aliphatic imine (C=N–C) groups is 1. The Kier molecular flexibility index (Phi) is 4.92. The molecular formula is C14H22N4O. The third kappa shape index (κ3) is 3.98. The van der Waals surface area contributed by atoms with Crippen molar-refractivity contribution < 1.29 is 4.79 Å². The van der Waals surface area contributed by atoms with Crippen molar-refractivity contribution in [3.8, 4) is 0 Å². The molecule has 0 aromatic heterocycles. The standard InChI is InChI=1S/C14H22N4O/c1-10-8-7-9-11(2)12(10)15-13(19)16-14(17(3)4)18(5)6/h7-9H,1-6H3,(H,15,19). The Bertz CT molecular complexity index is 462. The molecule has 0 saturated carbocycles. The second kappa shape index (κ2) is 6.22. The Labute approximate surface area is 114 Å². The fourth-order valence-electron chi connectivity index (χ4n) is 1.84. The third-order valence-corrected chi connectivity index (χ3v) is 2.71. The van der Waals surface area contributed by atoms with E-state index < -0.39 is 0 Å². The molecule has 104 valence electrons. The molecule has 2 amide bonds. The summed E-state index contributed by atoms with van der Waals surface area (Å²) in [6.45, 7) is 3.93. The van der Waals surface area contributed by atoms with Crippen LogP contribution in [0.3, 0.4) is 0 Å². The molecule has 0 saturated heterocycles. The van der Waals surface area contributed by atoms with Gasteiger partial charge in [0, 0.05) is 33.9 Å². The molecule has 19 heavy (non-hydrogen) atoms. The molecular weight excluding hydrogens is 240 g/mol. The number of carbonyl (C=O) groups excluding carboxylic acids is 1. The number of para-hydroxylation sites is 1. The van der Waals surface area contributed by atoms with Crippen molar-refractivity contribution >= 4 is 17.7 Å². The van der Waals surface area contributed by atoms with E-state index in [1.807, 2.05) is 60.2 Å². The minimum atomic E-state index is -0.366. The van der Waals surface area contributed by atoms with Crippen LogP contribution in [0.1, 0.15) is 11.1 Å². The van der Waals surface area contributed by atoms with Crippen molar-refractivity contribution in [2.45, 2.75) is 13.8 Å². The van der Waals surface area contributed by atoms with Crippen LogP contribution in [0.4, 0.5) is 10.5 Å².